The van der Waals surface area contributed by atoms with Crippen LogP contribution in [0.15, 0.2) is 42.5 Å². The number of anilines is 3. The quantitative estimate of drug-likeness (QED) is 0.629. The molecular weight excluding hydrogens is 436 g/mol. The van der Waals surface area contributed by atoms with Gasteiger partial charge in [-0.25, -0.2) is 0 Å². The van der Waals surface area contributed by atoms with Gasteiger partial charge in [0.15, 0.2) is 5.78 Å². The number of nitrogens with one attached hydrogen (secondary N) is 1. The molecular formula is C29H36N4O2. The summed E-state index contributed by atoms with van der Waals surface area (Å²) in [7, 11) is 0. The van der Waals surface area contributed by atoms with Crippen molar-refractivity contribution in [2.75, 3.05) is 47.8 Å². The molecule has 2 aromatic carbocycles. The molecule has 4 aliphatic rings. The summed E-state index contributed by atoms with van der Waals surface area (Å²) < 4.78 is 0. The normalized spacial score (nSPS) is 26.1. The summed E-state index contributed by atoms with van der Waals surface area (Å²) in [4.78, 5) is 32.9. The van der Waals surface area contributed by atoms with E-state index in [1.165, 1.54) is 17.7 Å². The maximum atomic E-state index is 13.0. The lowest BCUT2D eigenvalue weighted by molar-refractivity contribution is -0.118. The van der Waals surface area contributed by atoms with Gasteiger partial charge in [0, 0.05) is 56.4 Å². The third-order valence-corrected chi connectivity index (χ3v) is 8.47. The monoisotopic (exact) mass is 472 g/mol. The SMILES string of the molecule is Cc1cccc(N2CCN(C3CC3CCC(=O)c3ccc4c(c3)NC(=O)C3CCCCN43)CC2)c1. The van der Waals surface area contributed by atoms with Gasteiger partial charge in [-0.1, -0.05) is 12.1 Å². The summed E-state index contributed by atoms with van der Waals surface area (Å²) >= 11 is 0. The molecule has 35 heavy (non-hydrogen) atoms. The fourth-order valence-corrected chi connectivity index (χ4v) is 6.35. The molecule has 1 aliphatic carbocycles. The second-order valence-corrected chi connectivity index (χ2v) is 10.8. The summed E-state index contributed by atoms with van der Waals surface area (Å²) in [6.45, 7) is 7.42. The summed E-state index contributed by atoms with van der Waals surface area (Å²) in [5.41, 5.74) is 5.24. The minimum absolute atomic E-state index is 0.0525. The van der Waals surface area contributed by atoms with E-state index in [1.807, 2.05) is 18.2 Å². The summed E-state index contributed by atoms with van der Waals surface area (Å²) in [6.07, 6.45) is 5.89. The summed E-state index contributed by atoms with van der Waals surface area (Å²) in [6, 6.07) is 15.3. The van der Waals surface area contributed by atoms with Crippen molar-refractivity contribution in [3.63, 3.8) is 0 Å². The van der Waals surface area contributed by atoms with Crippen molar-refractivity contribution in [3.8, 4) is 0 Å². The molecule has 0 aromatic heterocycles. The molecule has 0 bridgehead atoms. The van der Waals surface area contributed by atoms with Crippen LogP contribution in [0.2, 0.25) is 0 Å². The third kappa shape index (κ3) is 4.56. The van der Waals surface area contributed by atoms with E-state index in [1.54, 1.807) is 0 Å². The largest absolute Gasteiger partial charge is 0.369 e. The average molecular weight is 473 g/mol. The van der Waals surface area contributed by atoms with E-state index in [4.69, 9.17) is 0 Å². The van der Waals surface area contributed by atoms with Crippen LogP contribution < -0.4 is 15.1 Å². The second-order valence-electron chi connectivity index (χ2n) is 10.8. The van der Waals surface area contributed by atoms with Crippen molar-refractivity contribution in [2.45, 2.75) is 57.5 Å². The lowest BCUT2D eigenvalue weighted by Crippen LogP contribution is -2.50. The Morgan fingerprint density at radius 3 is 2.71 bits per heavy atom. The first kappa shape index (κ1) is 22.6. The number of piperidine rings is 1. The highest BCUT2D eigenvalue weighted by molar-refractivity contribution is 6.06. The molecule has 3 atom stereocenters. The molecule has 6 nitrogen and oxygen atoms in total. The highest BCUT2D eigenvalue weighted by atomic mass is 16.2. The van der Waals surface area contributed by atoms with Gasteiger partial charge in [0.2, 0.25) is 5.91 Å². The number of Topliss-reactive ketones (excluding diaryl/α,β-unsaturated/α-hetero) is 1. The van der Waals surface area contributed by atoms with Crippen molar-refractivity contribution in [1.29, 1.82) is 0 Å². The Labute approximate surface area is 208 Å². The molecule has 1 N–H and O–H groups in total. The van der Waals surface area contributed by atoms with Crippen molar-refractivity contribution in [1.82, 2.24) is 4.90 Å². The summed E-state index contributed by atoms with van der Waals surface area (Å²) in [5, 5.41) is 3.06. The molecule has 3 fully saturated rings. The van der Waals surface area contributed by atoms with Crippen LogP contribution in [0.25, 0.3) is 0 Å². The van der Waals surface area contributed by atoms with Crippen LogP contribution in [0, 0.1) is 12.8 Å². The number of fused-ring (bicyclic) bond motifs is 3. The highest BCUT2D eigenvalue weighted by Gasteiger charge is 2.42. The van der Waals surface area contributed by atoms with Crippen LogP contribution in [-0.2, 0) is 4.79 Å². The van der Waals surface area contributed by atoms with Gasteiger partial charge in [0.05, 0.1) is 11.4 Å². The molecule has 0 spiro atoms. The Balaban J connectivity index is 1.00. The van der Waals surface area contributed by atoms with Gasteiger partial charge in [0.25, 0.3) is 0 Å². The number of aryl methyl sites for hydroxylation is 1. The number of hydrogen-bond donors (Lipinski definition) is 1. The molecule has 6 heteroatoms. The lowest BCUT2D eigenvalue weighted by atomic mass is 9.96. The first-order valence-corrected chi connectivity index (χ1v) is 13.4. The standard InChI is InChI=1S/C29H36N4O2/c1-20-5-4-6-23(17-20)31-13-15-32(16-14-31)27-19-21(27)9-11-28(34)22-8-10-25-24(18-22)30-29(35)26-7-2-3-12-33(25)26/h4-6,8,10,17-18,21,26-27H,2-3,7,9,11-16,19H2,1H3,(H,30,35). The molecule has 0 radical (unpaired) electrons. The molecule has 3 heterocycles. The number of rotatable bonds is 6. The third-order valence-electron chi connectivity index (χ3n) is 8.47. The van der Waals surface area contributed by atoms with Crippen molar-refractivity contribution in [3.05, 3.63) is 53.6 Å². The summed E-state index contributed by atoms with van der Waals surface area (Å²) in [5.74, 6) is 0.902. The van der Waals surface area contributed by atoms with Gasteiger partial charge in [-0.15, -0.1) is 0 Å². The molecule has 2 aromatic rings. The Morgan fingerprint density at radius 1 is 1.03 bits per heavy atom. The predicted molar refractivity (Wildman–Crippen MR) is 140 cm³/mol. The van der Waals surface area contributed by atoms with Gasteiger partial charge in [0.1, 0.15) is 6.04 Å². The first-order chi connectivity index (χ1) is 17.1. The average Bonchev–Trinajstić information content (AvgIpc) is 3.67. The maximum absolute atomic E-state index is 13.0. The number of piperazine rings is 1. The number of benzene rings is 2. The molecule has 3 aliphatic heterocycles. The smallest absolute Gasteiger partial charge is 0.247 e. The van der Waals surface area contributed by atoms with Crippen molar-refractivity contribution in [2.24, 2.45) is 5.92 Å². The van der Waals surface area contributed by atoms with Crippen LogP contribution in [-0.4, -0.2) is 61.4 Å². The highest BCUT2D eigenvalue weighted by Crippen LogP contribution is 2.41. The zero-order valence-electron chi connectivity index (χ0n) is 20.7. The molecule has 1 amide bonds. The number of amides is 1. The van der Waals surface area contributed by atoms with E-state index in [0.717, 1.165) is 75.3 Å². The molecule has 184 valence electrons. The number of hydrogen-bond acceptors (Lipinski definition) is 5. The number of nitrogens with zero attached hydrogens (tertiary/aromatic N) is 3. The van der Waals surface area contributed by atoms with E-state index >= 15 is 0 Å². The van der Waals surface area contributed by atoms with Crippen molar-refractivity contribution < 1.29 is 9.59 Å². The molecule has 3 unspecified atom stereocenters. The van der Waals surface area contributed by atoms with Crippen LogP contribution in [0.1, 0.15) is 54.4 Å². The van der Waals surface area contributed by atoms with Gasteiger partial charge >= 0.3 is 0 Å². The van der Waals surface area contributed by atoms with Gasteiger partial charge in [-0.3, -0.25) is 14.5 Å². The Hall–Kier alpha value is -2.86. The van der Waals surface area contributed by atoms with E-state index in [9.17, 15) is 9.59 Å². The van der Waals surface area contributed by atoms with Crippen molar-refractivity contribution >= 4 is 28.8 Å². The zero-order valence-corrected chi connectivity index (χ0v) is 20.7. The van der Waals surface area contributed by atoms with Crippen LogP contribution in [0.5, 0.6) is 0 Å². The van der Waals surface area contributed by atoms with Crippen LogP contribution in [0.3, 0.4) is 0 Å². The van der Waals surface area contributed by atoms with Gasteiger partial charge < -0.3 is 15.1 Å². The maximum Gasteiger partial charge on any atom is 0.247 e. The van der Waals surface area contributed by atoms with E-state index in [-0.39, 0.29) is 17.7 Å². The Bertz CT molecular complexity index is 1120. The van der Waals surface area contributed by atoms with Gasteiger partial charge in [-0.05, 0) is 80.8 Å². The molecule has 1 saturated carbocycles. The predicted octanol–water partition coefficient (Wildman–Crippen LogP) is 4.48. The minimum atomic E-state index is -0.0525. The lowest BCUT2D eigenvalue weighted by Gasteiger charge is -2.41. The van der Waals surface area contributed by atoms with E-state index in [0.29, 0.717) is 18.4 Å². The van der Waals surface area contributed by atoms with E-state index < -0.39 is 0 Å². The number of ketones is 1. The topological polar surface area (TPSA) is 55.9 Å². The molecule has 6 rings (SSSR count). The fourth-order valence-electron chi connectivity index (χ4n) is 6.35. The van der Waals surface area contributed by atoms with Gasteiger partial charge in [-0.2, -0.15) is 0 Å². The second kappa shape index (κ2) is 9.30. The number of carbonyl (C=O) groups excluding carboxylic acids is 2. The van der Waals surface area contributed by atoms with Crippen LogP contribution >= 0.6 is 0 Å². The molecule has 2 saturated heterocycles. The minimum Gasteiger partial charge on any atom is -0.369 e. The Morgan fingerprint density at radius 2 is 1.89 bits per heavy atom. The van der Waals surface area contributed by atoms with E-state index in [2.05, 4.69) is 51.2 Å². The zero-order chi connectivity index (χ0) is 23.9. The Kier molecular flexibility index (Phi) is 6.01. The van der Waals surface area contributed by atoms with Crippen LogP contribution in [0.4, 0.5) is 17.1 Å². The number of carbonyl (C=O) groups is 2. The fraction of sp³-hybridized carbons (Fsp3) is 0.517. The first-order valence-electron chi connectivity index (χ1n) is 13.4.